The van der Waals surface area contributed by atoms with Crippen molar-refractivity contribution in [3.63, 3.8) is 0 Å². The molecule has 1 heterocycles. The lowest BCUT2D eigenvalue weighted by Crippen LogP contribution is -2.02. The summed E-state index contributed by atoms with van der Waals surface area (Å²) >= 11 is 0. The molecule has 0 N–H and O–H groups in total. The van der Waals surface area contributed by atoms with Crippen molar-refractivity contribution in [2.75, 3.05) is 14.2 Å². The van der Waals surface area contributed by atoms with E-state index in [1.54, 1.807) is 19.0 Å². The number of ether oxygens (including phenoxy) is 1. The highest BCUT2D eigenvalue weighted by molar-refractivity contribution is 5.86. The first-order valence-corrected chi connectivity index (χ1v) is 4.05. The number of aromatic nitrogens is 1. The van der Waals surface area contributed by atoms with E-state index in [1.807, 2.05) is 30.5 Å². The molecular weight excluding hydrogens is 166 g/mol. The minimum atomic E-state index is 0.831. The predicted octanol–water partition coefficient (Wildman–Crippen LogP) is 1.71. The summed E-state index contributed by atoms with van der Waals surface area (Å²) in [7, 11) is 3.29. The number of hydrogen-bond donors (Lipinski definition) is 0. The van der Waals surface area contributed by atoms with Crippen molar-refractivity contribution in [2.24, 2.45) is 0 Å². The first kappa shape index (κ1) is 7.98. The highest BCUT2D eigenvalue weighted by Gasteiger charge is 2.06. The van der Waals surface area contributed by atoms with Crippen LogP contribution in [0.2, 0.25) is 0 Å². The van der Waals surface area contributed by atoms with Crippen LogP contribution in [0.4, 0.5) is 0 Å². The predicted molar refractivity (Wildman–Crippen MR) is 51.0 cm³/mol. The van der Waals surface area contributed by atoms with Crippen molar-refractivity contribution in [1.82, 2.24) is 4.73 Å². The van der Waals surface area contributed by atoms with Gasteiger partial charge >= 0.3 is 0 Å². The minimum Gasteiger partial charge on any atom is -0.494 e. The molecule has 0 aliphatic carbocycles. The van der Waals surface area contributed by atoms with E-state index in [2.05, 4.69) is 0 Å². The van der Waals surface area contributed by atoms with Gasteiger partial charge in [0.2, 0.25) is 0 Å². The molecule has 0 aliphatic heterocycles. The summed E-state index contributed by atoms with van der Waals surface area (Å²) < 4.78 is 6.90. The molecule has 0 spiro atoms. The SMILES string of the molecule is COc1cn(OC)c2ccccc12. The van der Waals surface area contributed by atoms with E-state index < -0.39 is 0 Å². The third kappa shape index (κ3) is 1.13. The van der Waals surface area contributed by atoms with Crippen molar-refractivity contribution in [3.05, 3.63) is 30.5 Å². The average Bonchev–Trinajstić information content (AvgIpc) is 2.56. The van der Waals surface area contributed by atoms with Gasteiger partial charge in [-0.1, -0.05) is 12.1 Å². The summed E-state index contributed by atoms with van der Waals surface area (Å²) in [5.74, 6) is 0.831. The monoisotopic (exact) mass is 177 g/mol. The lowest BCUT2D eigenvalue weighted by atomic mass is 10.2. The van der Waals surface area contributed by atoms with E-state index in [9.17, 15) is 0 Å². The van der Waals surface area contributed by atoms with Gasteiger partial charge in [0.15, 0.2) is 0 Å². The maximum absolute atomic E-state index is 5.21. The fourth-order valence-electron chi connectivity index (χ4n) is 1.43. The Morgan fingerprint density at radius 1 is 1.15 bits per heavy atom. The molecule has 0 amide bonds. The number of hydrogen-bond acceptors (Lipinski definition) is 2. The van der Waals surface area contributed by atoms with Gasteiger partial charge in [0, 0.05) is 5.39 Å². The van der Waals surface area contributed by atoms with Gasteiger partial charge in [0.1, 0.15) is 12.9 Å². The van der Waals surface area contributed by atoms with Crippen LogP contribution in [0.25, 0.3) is 10.9 Å². The zero-order valence-electron chi connectivity index (χ0n) is 7.65. The van der Waals surface area contributed by atoms with Crippen LogP contribution in [0.1, 0.15) is 0 Å². The third-order valence-electron chi connectivity index (χ3n) is 2.06. The smallest absolute Gasteiger partial charge is 0.148 e. The standard InChI is InChI=1S/C10H11NO2/c1-12-10-7-11(13-2)9-6-4-3-5-8(9)10/h3-7H,1-2H3. The Hall–Kier alpha value is -1.64. The van der Waals surface area contributed by atoms with Crippen molar-refractivity contribution >= 4 is 10.9 Å². The van der Waals surface area contributed by atoms with Crippen LogP contribution in [0.3, 0.4) is 0 Å². The second-order valence-corrected chi connectivity index (χ2v) is 2.72. The molecule has 3 nitrogen and oxygen atoms in total. The van der Waals surface area contributed by atoms with E-state index in [0.717, 1.165) is 16.7 Å². The molecule has 0 saturated carbocycles. The summed E-state index contributed by atoms with van der Waals surface area (Å²) in [5.41, 5.74) is 1.02. The number of benzene rings is 1. The van der Waals surface area contributed by atoms with E-state index >= 15 is 0 Å². The fraction of sp³-hybridized carbons (Fsp3) is 0.200. The molecule has 1 aromatic heterocycles. The second kappa shape index (κ2) is 3.01. The molecule has 0 aliphatic rings. The van der Waals surface area contributed by atoms with Crippen LogP contribution in [-0.2, 0) is 0 Å². The summed E-state index contributed by atoms with van der Waals surface area (Å²) in [6.07, 6.45) is 1.82. The quantitative estimate of drug-likeness (QED) is 0.697. The molecule has 1 aromatic carbocycles. The Morgan fingerprint density at radius 2 is 1.92 bits per heavy atom. The van der Waals surface area contributed by atoms with Gasteiger partial charge in [-0.15, -0.1) is 0 Å². The minimum absolute atomic E-state index is 0.831. The second-order valence-electron chi connectivity index (χ2n) is 2.72. The largest absolute Gasteiger partial charge is 0.494 e. The zero-order valence-corrected chi connectivity index (χ0v) is 7.65. The molecule has 2 rings (SSSR count). The van der Waals surface area contributed by atoms with E-state index in [1.165, 1.54) is 0 Å². The van der Waals surface area contributed by atoms with Gasteiger partial charge in [-0.25, -0.2) is 0 Å². The molecule has 0 bridgehead atoms. The van der Waals surface area contributed by atoms with Crippen LogP contribution in [-0.4, -0.2) is 19.0 Å². The van der Waals surface area contributed by atoms with Crippen LogP contribution in [0.15, 0.2) is 30.5 Å². The molecule has 3 heteroatoms. The topological polar surface area (TPSA) is 23.4 Å². The molecule has 0 atom stereocenters. The van der Waals surface area contributed by atoms with Gasteiger partial charge in [-0.3, -0.25) is 0 Å². The molecule has 13 heavy (non-hydrogen) atoms. The van der Waals surface area contributed by atoms with Crippen molar-refractivity contribution < 1.29 is 9.57 Å². The van der Waals surface area contributed by atoms with Gasteiger partial charge in [-0.05, 0) is 12.1 Å². The Kier molecular flexibility index (Phi) is 1.85. The Morgan fingerprint density at radius 3 is 2.62 bits per heavy atom. The van der Waals surface area contributed by atoms with Crippen molar-refractivity contribution in [3.8, 4) is 5.75 Å². The number of fused-ring (bicyclic) bond motifs is 1. The zero-order chi connectivity index (χ0) is 9.26. The number of para-hydroxylation sites is 1. The normalized spacial score (nSPS) is 10.3. The lowest BCUT2D eigenvalue weighted by molar-refractivity contribution is 0.177. The maximum atomic E-state index is 5.21. The van der Waals surface area contributed by atoms with Gasteiger partial charge in [0.05, 0.1) is 18.8 Å². The van der Waals surface area contributed by atoms with Gasteiger partial charge < -0.3 is 9.57 Å². The molecule has 0 saturated heterocycles. The lowest BCUT2D eigenvalue weighted by Gasteiger charge is -1.99. The van der Waals surface area contributed by atoms with Crippen LogP contribution in [0, 0.1) is 0 Å². The Labute approximate surface area is 76.4 Å². The Balaban J connectivity index is 2.74. The van der Waals surface area contributed by atoms with Gasteiger partial charge in [0.25, 0.3) is 0 Å². The van der Waals surface area contributed by atoms with Crippen LogP contribution in [0.5, 0.6) is 5.75 Å². The van der Waals surface area contributed by atoms with E-state index in [0.29, 0.717) is 0 Å². The Bertz CT molecular complexity index is 382. The first-order valence-electron chi connectivity index (χ1n) is 4.05. The first-order chi connectivity index (χ1) is 6.36. The maximum Gasteiger partial charge on any atom is 0.148 e. The fourth-order valence-corrected chi connectivity index (χ4v) is 1.43. The van der Waals surface area contributed by atoms with Crippen LogP contribution >= 0.6 is 0 Å². The van der Waals surface area contributed by atoms with Crippen LogP contribution < -0.4 is 9.57 Å². The van der Waals surface area contributed by atoms with Crippen molar-refractivity contribution in [1.29, 1.82) is 0 Å². The van der Waals surface area contributed by atoms with Gasteiger partial charge in [-0.2, -0.15) is 4.73 Å². The molecule has 2 aromatic rings. The summed E-state index contributed by atoms with van der Waals surface area (Å²) in [4.78, 5) is 5.15. The summed E-state index contributed by atoms with van der Waals surface area (Å²) in [6, 6.07) is 7.94. The number of nitrogens with zero attached hydrogens (tertiary/aromatic N) is 1. The summed E-state index contributed by atoms with van der Waals surface area (Å²) in [6.45, 7) is 0. The number of rotatable bonds is 2. The van der Waals surface area contributed by atoms with E-state index in [-0.39, 0.29) is 0 Å². The number of methoxy groups -OCH3 is 1. The molecule has 0 unspecified atom stereocenters. The molecule has 68 valence electrons. The average molecular weight is 177 g/mol. The van der Waals surface area contributed by atoms with Crippen molar-refractivity contribution in [2.45, 2.75) is 0 Å². The molecular formula is C10H11NO2. The third-order valence-corrected chi connectivity index (χ3v) is 2.06. The highest BCUT2D eigenvalue weighted by atomic mass is 16.6. The van der Waals surface area contributed by atoms with E-state index in [4.69, 9.17) is 9.57 Å². The molecule has 0 fully saturated rings. The highest BCUT2D eigenvalue weighted by Crippen LogP contribution is 2.26. The summed E-state index contributed by atoms with van der Waals surface area (Å²) in [5, 5.41) is 1.06. The molecule has 0 radical (unpaired) electrons.